The average Bonchev–Trinajstić information content (AvgIpc) is 3.31. The Morgan fingerprint density at radius 1 is 1.08 bits per heavy atom. The lowest BCUT2D eigenvalue weighted by Gasteiger charge is -2.37. The molecule has 1 saturated carbocycles. The van der Waals surface area contributed by atoms with Crippen molar-refractivity contribution in [2.75, 3.05) is 5.75 Å². The van der Waals surface area contributed by atoms with Gasteiger partial charge in [0.05, 0.1) is 30.0 Å². The molecule has 3 N–H and O–H groups in total. The molecule has 37 heavy (non-hydrogen) atoms. The maximum Gasteiger partial charge on any atom is 0.243 e. The summed E-state index contributed by atoms with van der Waals surface area (Å²) in [5, 5.41) is 3.18. The highest BCUT2D eigenvalue weighted by molar-refractivity contribution is 8.00. The summed E-state index contributed by atoms with van der Waals surface area (Å²) in [5.74, 6) is 0.105. The van der Waals surface area contributed by atoms with Crippen LogP contribution in [0.5, 0.6) is 0 Å². The molecule has 1 fully saturated rings. The summed E-state index contributed by atoms with van der Waals surface area (Å²) >= 11 is 1.50. The van der Waals surface area contributed by atoms with E-state index in [0.29, 0.717) is 19.5 Å². The highest BCUT2D eigenvalue weighted by Gasteiger charge is 2.38. The van der Waals surface area contributed by atoms with Crippen LogP contribution in [-0.4, -0.2) is 50.1 Å². The topological polar surface area (TPSA) is 93.2 Å². The zero-order valence-corrected chi connectivity index (χ0v) is 22.1. The molecule has 0 spiro atoms. The van der Waals surface area contributed by atoms with Crippen molar-refractivity contribution < 1.29 is 9.59 Å². The molecular weight excluding hydrogens is 482 g/mol. The fraction of sp³-hybridized carbons (Fsp3) is 0.414. The molecule has 1 aliphatic heterocycles. The lowest BCUT2D eigenvalue weighted by Crippen LogP contribution is -2.58. The Bertz CT molecular complexity index is 1240. The van der Waals surface area contributed by atoms with Crippen molar-refractivity contribution in [3.63, 3.8) is 0 Å². The molecule has 8 heteroatoms. The van der Waals surface area contributed by atoms with Gasteiger partial charge in [-0.25, -0.2) is 4.98 Å². The van der Waals surface area contributed by atoms with Crippen LogP contribution in [0.1, 0.15) is 48.2 Å². The first kappa shape index (κ1) is 25.5. The van der Waals surface area contributed by atoms with Gasteiger partial charge in [0.15, 0.2) is 0 Å². The van der Waals surface area contributed by atoms with Gasteiger partial charge >= 0.3 is 0 Å². The molecule has 194 valence electrons. The zero-order chi connectivity index (χ0) is 25.8. The first-order chi connectivity index (χ1) is 18.0. The first-order valence-electron chi connectivity index (χ1n) is 13.1. The smallest absolute Gasteiger partial charge is 0.243 e. The minimum absolute atomic E-state index is 0.0389. The number of nitrogens with two attached hydrogens (primary N) is 1. The third kappa shape index (κ3) is 5.91. The number of nitrogens with one attached hydrogen (secondary N) is 1. The number of hydrogen-bond donors (Lipinski definition) is 2. The highest BCUT2D eigenvalue weighted by atomic mass is 32.2. The predicted octanol–water partition coefficient (Wildman–Crippen LogP) is 3.67. The number of thioether (sulfide) groups is 1. The van der Waals surface area contributed by atoms with Crippen LogP contribution in [0.2, 0.25) is 0 Å². The number of amides is 2. The molecule has 2 amide bonds. The zero-order valence-electron chi connectivity index (χ0n) is 21.3. The van der Waals surface area contributed by atoms with Crippen molar-refractivity contribution in [1.29, 1.82) is 0 Å². The van der Waals surface area contributed by atoms with Gasteiger partial charge < -0.3 is 20.5 Å². The third-order valence-electron chi connectivity index (χ3n) is 7.59. The van der Waals surface area contributed by atoms with E-state index in [2.05, 4.69) is 33.9 Å². The van der Waals surface area contributed by atoms with Crippen molar-refractivity contribution in [2.24, 2.45) is 5.73 Å². The Morgan fingerprint density at radius 3 is 2.62 bits per heavy atom. The monoisotopic (exact) mass is 517 g/mol. The minimum atomic E-state index is -0.590. The van der Waals surface area contributed by atoms with Crippen LogP contribution in [0.4, 0.5) is 0 Å². The number of hydrogen-bond acceptors (Lipinski definition) is 5. The Balaban J connectivity index is 1.37. The molecule has 2 aliphatic rings. The van der Waals surface area contributed by atoms with Gasteiger partial charge in [-0.05, 0) is 43.0 Å². The summed E-state index contributed by atoms with van der Waals surface area (Å²) in [7, 11) is 0. The summed E-state index contributed by atoms with van der Waals surface area (Å²) in [6, 6.07) is 17.5. The van der Waals surface area contributed by atoms with Crippen LogP contribution in [0.25, 0.3) is 0 Å². The number of aromatic nitrogens is 2. The Labute approximate surface area is 222 Å². The van der Waals surface area contributed by atoms with E-state index in [-0.39, 0.29) is 29.7 Å². The van der Waals surface area contributed by atoms with Gasteiger partial charge in [0.1, 0.15) is 6.04 Å². The second-order valence-corrected chi connectivity index (χ2v) is 11.1. The SMILES string of the molecule is Cc1ccccc1Cn1cnc2c1CN(C(=O)CSc1ccccc1)C(C(=O)NC1CCCCC1N)C2. The minimum Gasteiger partial charge on any atom is -0.350 e. The van der Waals surface area contributed by atoms with Gasteiger partial charge in [-0.15, -0.1) is 11.8 Å². The lowest BCUT2D eigenvalue weighted by molar-refractivity contribution is -0.140. The van der Waals surface area contributed by atoms with Gasteiger partial charge in [-0.2, -0.15) is 0 Å². The van der Waals surface area contributed by atoms with Crippen molar-refractivity contribution in [1.82, 2.24) is 19.8 Å². The summed E-state index contributed by atoms with van der Waals surface area (Å²) in [4.78, 5) is 34.6. The van der Waals surface area contributed by atoms with E-state index < -0.39 is 6.04 Å². The number of carbonyl (C=O) groups is 2. The van der Waals surface area contributed by atoms with Gasteiger partial charge in [-0.1, -0.05) is 55.3 Å². The Kier molecular flexibility index (Phi) is 7.96. The van der Waals surface area contributed by atoms with Crippen LogP contribution in [0, 0.1) is 6.92 Å². The molecule has 7 nitrogen and oxygen atoms in total. The summed E-state index contributed by atoms with van der Waals surface area (Å²) in [5.41, 5.74) is 10.6. The van der Waals surface area contributed by atoms with Crippen LogP contribution >= 0.6 is 11.8 Å². The highest BCUT2D eigenvalue weighted by Crippen LogP contribution is 2.27. The molecule has 2 aromatic carbocycles. The second kappa shape index (κ2) is 11.5. The Morgan fingerprint density at radius 2 is 1.84 bits per heavy atom. The molecule has 0 radical (unpaired) electrons. The maximum atomic E-state index is 13.6. The van der Waals surface area contributed by atoms with E-state index in [1.54, 1.807) is 4.90 Å². The normalized spacial score (nSPS) is 21.4. The van der Waals surface area contributed by atoms with E-state index in [0.717, 1.165) is 42.0 Å². The van der Waals surface area contributed by atoms with Gasteiger partial charge in [-0.3, -0.25) is 9.59 Å². The van der Waals surface area contributed by atoms with Crippen LogP contribution < -0.4 is 11.1 Å². The van der Waals surface area contributed by atoms with Gasteiger partial charge in [0.25, 0.3) is 0 Å². The fourth-order valence-corrected chi connectivity index (χ4v) is 6.14. The molecule has 5 rings (SSSR count). The quantitative estimate of drug-likeness (QED) is 0.467. The molecule has 3 atom stereocenters. The van der Waals surface area contributed by atoms with Crippen molar-refractivity contribution in [2.45, 2.75) is 75.1 Å². The third-order valence-corrected chi connectivity index (χ3v) is 8.59. The first-order valence-corrected chi connectivity index (χ1v) is 14.1. The average molecular weight is 518 g/mol. The largest absolute Gasteiger partial charge is 0.350 e. The van der Waals surface area contributed by atoms with E-state index in [1.165, 1.54) is 22.9 Å². The predicted molar refractivity (Wildman–Crippen MR) is 146 cm³/mol. The fourth-order valence-electron chi connectivity index (χ4n) is 5.33. The molecule has 3 aromatic rings. The number of benzene rings is 2. The summed E-state index contributed by atoms with van der Waals surface area (Å²) in [6.07, 6.45) is 6.21. The second-order valence-electron chi connectivity index (χ2n) is 10.1. The van der Waals surface area contributed by atoms with Crippen LogP contribution in [0.15, 0.2) is 65.8 Å². The van der Waals surface area contributed by atoms with Crippen molar-refractivity contribution >= 4 is 23.6 Å². The van der Waals surface area contributed by atoms with Crippen molar-refractivity contribution in [3.05, 3.63) is 83.4 Å². The van der Waals surface area contributed by atoms with E-state index in [4.69, 9.17) is 5.73 Å². The number of fused-ring (bicyclic) bond motifs is 1. The van der Waals surface area contributed by atoms with Gasteiger partial charge in [0, 0.05) is 29.9 Å². The van der Waals surface area contributed by atoms with Crippen LogP contribution in [0.3, 0.4) is 0 Å². The summed E-state index contributed by atoms with van der Waals surface area (Å²) in [6.45, 7) is 3.15. The summed E-state index contributed by atoms with van der Waals surface area (Å²) < 4.78 is 2.12. The molecule has 2 heterocycles. The maximum absolute atomic E-state index is 13.6. The molecule has 0 bridgehead atoms. The number of rotatable bonds is 7. The van der Waals surface area contributed by atoms with E-state index in [1.807, 2.05) is 48.8 Å². The number of nitrogens with zero attached hydrogens (tertiary/aromatic N) is 3. The molecule has 3 unspecified atom stereocenters. The Hall–Kier alpha value is -3.10. The van der Waals surface area contributed by atoms with E-state index >= 15 is 0 Å². The molecule has 1 aliphatic carbocycles. The van der Waals surface area contributed by atoms with Crippen LogP contribution in [-0.2, 0) is 29.1 Å². The number of imidazole rings is 1. The standard InChI is InChI=1S/C29H35N5O2S/c1-20-9-5-6-10-21(20)16-33-19-31-25-15-26(29(36)32-24-14-8-7-13-23(24)30)34(17-27(25)33)28(35)18-37-22-11-3-2-4-12-22/h2-6,9-12,19,23-24,26H,7-8,13-18,30H2,1H3,(H,32,36). The number of carbonyl (C=O) groups excluding carboxylic acids is 2. The molecule has 0 saturated heterocycles. The van der Waals surface area contributed by atoms with E-state index in [9.17, 15) is 9.59 Å². The molecular formula is C29H35N5O2S. The molecule has 1 aromatic heterocycles. The van der Waals surface area contributed by atoms with Gasteiger partial charge in [0.2, 0.25) is 11.8 Å². The lowest BCUT2D eigenvalue weighted by atomic mass is 9.90. The number of aryl methyl sites for hydroxylation is 1. The van der Waals surface area contributed by atoms with Crippen molar-refractivity contribution in [3.8, 4) is 0 Å².